The summed E-state index contributed by atoms with van der Waals surface area (Å²) in [6.07, 6.45) is 0.631. The van der Waals surface area contributed by atoms with Gasteiger partial charge in [-0.25, -0.2) is 4.39 Å². The number of hydrogen-bond donors (Lipinski definition) is 2. The van der Waals surface area contributed by atoms with E-state index in [1.807, 2.05) is 12.1 Å². The third-order valence-corrected chi connectivity index (χ3v) is 2.98. The van der Waals surface area contributed by atoms with E-state index < -0.39 is 0 Å². The highest BCUT2D eigenvalue weighted by Gasteiger charge is 2.11. The van der Waals surface area contributed by atoms with Gasteiger partial charge in [0.2, 0.25) is 0 Å². The zero-order valence-electron chi connectivity index (χ0n) is 11.3. The number of halogens is 1. The number of rotatable bonds is 4. The summed E-state index contributed by atoms with van der Waals surface area (Å²) in [5.74, 6) is -0.616. The molecule has 0 fully saturated rings. The van der Waals surface area contributed by atoms with Gasteiger partial charge in [-0.1, -0.05) is 18.2 Å². The van der Waals surface area contributed by atoms with Gasteiger partial charge in [-0.2, -0.15) is 0 Å². The second-order valence-corrected chi connectivity index (χ2v) is 4.67. The first kappa shape index (κ1) is 14.2. The van der Waals surface area contributed by atoms with E-state index >= 15 is 0 Å². The Kier molecular flexibility index (Phi) is 4.48. The Morgan fingerprint density at radius 3 is 2.70 bits per heavy atom. The van der Waals surface area contributed by atoms with Crippen molar-refractivity contribution in [2.75, 3.05) is 11.9 Å². The molecule has 2 aromatic carbocycles. The van der Waals surface area contributed by atoms with Crippen LogP contribution in [0, 0.1) is 12.7 Å². The molecule has 0 aliphatic heterocycles. The van der Waals surface area contributed by atoms with Crippen molar-refractivity contribution in [2.45, 2.75) is 13.3 Å². The molecule has 20 heavy (non-hydrogen) atoms. The normalized spacial score (nSPS) is 10.3. The summed E-state index contributed by atoms with van der Waals surface area (Å²) < 4.78 is 13.3. The molecule has 3 N–H and O–H groups in total. The molecule has 0 atom stereocenters. The fourth-order valence-electron chi connectivity index (χ4n) is 2.12. The van der Waals surface area contributed by atoms with Crippen LogP contribution in [0.4, 0.5) is 10.1 Å². The smallest absolute Gasteiger partial charge is 0.255 e. The van der Waals surface area contributed by atoms with Gasteiger partial charge in [-0.15, -0.1) is 0 Å². The summed E-state index contributed by atoms with van der Waals surface area (Å²) in [5, 5.41) is 2.72. The van der Waals surface area contributed by atoms with Crippen molar-refractivity contribution in [3.63, 3.8) is 0 Å². The highest BCUT2D eigenvalue weighted by Crippen LogP contribution is 2.16. The number of aryl methyl sites for hydroxylation is 1. The Labute approximate surface area is 117 Å². The molecule has 0 saturated heterocycles. The van der Waals surface area contributed by atoms with E-state index in [-0.39, 0.29) is 11.7 Å². The molecule has 0 unspecified atom stereocenters. The zero-order chi connectivity index (χ0) is 14.5. The summed E-state index contributed by atoms with van der Waals surface area (Å²) >= 11 is 0. The lowest BCUT2D eigenvalue weighted by atomic mass is 10.0. The molecule has 1 amide bonds. The summed E-state index contributed by atoms with van der Waals surface area (Å²) in [5.41, 5.74) is 8.21. The fraction of sp³-hybridized carbons (Fsp3) is 0.188. The van der Waals surface area contributed by atoms with Crippen LogP contribution in [0.25, 0.3) is 0 Å². The molecule has 0 aromatic heterocycles. The molecule has 0 aliphatic carbocycles. The molecule has 4 heteroatoms. The number of carbonyl (C=O) groups is 1. The van der Waals surface area contributed by atoms with E-state index in [9.17, 15) is 9.18 Å². The molecule has 0 radical (unpaired) electrons. The van der Waals surface area contributed by atoms with E-state index in [1.54, 1.807) is 25.1 Å². The number of benzene rings is 2. The van der Waals surface area contributed by atoms with Crippen LogP contribution in [0.1, 0.15) is 21.5 Å². The van der Waals surface area contributed by atoms with Crippen molar-refractivity contribution < 1.29 is 9.18 Å². The lowest BCUT2D eigenvalue weighted by molar-refractivity contribution is 0.102. The Balaban J connectivity index is 2.23. The topological polar surface area (TPSA) is 55.1 Å². The van der Waals surface area contributed by atoms with Gasteiger partial charge in [0.25, 0.3) is 5.91 Å². The Bertz CT molecular complexity index is 605. The van der Waals surface area contributed by atoms with Crippen LogP contribution in [0.3, 0.4) is 0 Å². The lowest BCUT2D eigenvalue weighted by Crippen LogP contribution is -2.16. The van der Waals surface area contributed by atoms with Crippen LogP contribution >= 0.6 is 0 Å². The van der Waals surface area contributed by atoms with Crippen LogP contribution in [0.2, 0.25) is 0 Å². The summed E-state index contributed by atoms with van der Waals surface area (Å²) in [4.78, 5) is 12.3. The van der Waals surface area contributed by atoms with Crippen LogP contribution in [0.5, 0.6) is 0 Å². The average Bonchev–Trinajstić information content (AvgIpc) is 2.38. The molecule has 3 nitrogen and oxygen atoms in total. The van der Waals surface area contributed by atoms with Gasteiger partial charge in [0, 0.05) is 11.3 Å². The van der Waals surface area contributed by atoms with Gasteiger partial charge in [0.05, 0.1) is 0 Å². The largest absolute Gasteiger partial charge is 0.330 e. The van der Waals surface area contributed by atoms with Crippen LogP contribution in [0.15, 0.2) is 42.5 Å². The second kappa shape index (κ2) is 6.30. The van der Waals surface area contributed by atoms with Gasteiger partial charge in [-0.05, 0) is 55.3 Å². The van der Waals surface area contributed by atoms with E-state index in [0.29, 0.717) is 24.2 Å². The predicted molar refractivity (Wildman–Crippen MR) is 78.3 cm³/mol. The first-order valence-electron chi connectivity index (χ1n) is 6.46. The van der Waals surface area contributed by atoms with Crippen molar-refractivity contribution in [3.05, 3.63) is 65.0 Å². The van der Waals surface area contributed by atoms with Gasteiger partial charge in [-0.3, -0.25) is 4.79 Å². The highest BCUT2D eigenvalue weighted by atomic mass is 19.1. The van der Waals surface area contributed by atoms with Gasteiger partial charge in [0.1, 0.15) is 5.82 Å². The molecule has 0 aliphatic rings. The number of nitrogens with one attached hydrogen (secondary N) is 1. The van der Waals surface area contributed by atoms with Crippen molar-refractivity contribution in [1.82, 2.24) is 0 Å². The minimum atomic E-state index is -0.365. The number of nitrogens with two attached hydrogens (primary N) is 1. The van der Waals surface area contributed by atoms with Crippen molar-refractivity contribution in [2.24, 2.45) is 5.73 Å². The number of amides is 1. The van der Waals surface area contributed by atoms with Crippen molar-refractivity contribution in [3.8, 4) is 0 Å². The quantitative estimate of drug-likeness (QED) is 0.899. The maximum Gasteiger partial charge on any atom is 0.255 e. The Morgan fingerprint density at radius 1 is 1.25 bits per heavy atom. The summed E-state index contributed by atoms with van der Waals surface area (Å²) in [6, 6.07) is 11.7. The molecule has 104 valence electrons. The van der Waals surface area contributed by atoms with E-state index in [1.165, 1.54) is 12.1 Å². The van der Waals surface area contributed by atoms with Gasteiger partial charge >= 0.3 is 0 Å². The highest BCUT2D eigenvalue weighted by molar-refractivity contribution is 6.05. The minimum Gasteiger partial charge on any atom is -0.330 e. The maximum absolute atomic E-state index is 13.3. The van der Waals surface area contributed by atoms with Gasteiger partial charge in [0.15, 0.2) is 0 Å². The maximum atomic E-state index is 13.3. The molecular formula is C16H17FN2O. The molecule has 0 bridgehead atoms. The third kappa shape index (κ3) is 3.42. The molecule has 0 spiro atoms. The fourth-order valence-corrected chi connectivity index (χ4v) is 2.12. The number of hydrogen-bond acceptors (Lipinski definition) is 2. The zero-order valence-corrected chi connectivity index (χ0v) is 11.3. The third-order valence-electron chi connectivity index (χ3n) is 2.98. The van der Waals surface area contributed by atoms with E-state index in [2.05, 4.69) is 5.32 Å². The average molecular weight is 272 g/mol. The summed E-state index contributed by atoms with van der Waals surface area (Å²) in [6.45, 7) is 2.25. The number of anilines is 1. The monoisotopic (exact) mass is 272 g/mol. The molecule has 0 saturated carbocycles. The molecule has 2 aromatic rings. The lowest BCUT2D eigenvalue weighted by Gasteiger charge is -2.10. The second-order valence-electron chi connectivity index (χ2n) is 4.67. The van der Waals surface area contributed by atoms with Crippen LogP contribution in [-0.2, 0) is 6.42 Å². The Morgan fingerprint density at radius 2 is 2.00 bits per heavy atom. The van der Waals surface area contributed by atoms with E-state index in [0.717, 1.165) is 11.1 Å². The Hall–Kier alpha value is -2.20. The van der Waals surface area contributed by atoms with Gasteiger partial charge < -0.3 is 11.1 Å². The first-order valence-corrected chi connectivity index (χ1v) is 6.46. The standard InChI is InChI=1S/C16H17FN2O/c1-11-8-13(17)10-14(9-11)19-16(20)15-5-3-2-4-12(15)6-7-18/h2-5,8-10H,6-7,18H2,1H3,(H,19,20). The first-order chi connectivity index (χ1) is 9.60. The predicted octanol–water partition coefficient (Wildman–Crippen LogP) is 2.89. The van der Waals surface area contributed by atoms with Crippen molar-refractivity contribution in [1.29, 1.82) is 0 Å². The molecular weight excluding hydrogens is 255 g/mol. The van der Waals surface area contributed by atoms with Crippen LogP contribution < -0.4 is 11.1 Å². The number of carbonyl (C=O) groups excluding carboxylic acids is 1. The molecule has 2 rings (SSSR count). The SMILES string of the molecule is Cc1cc(F)cc(NC(=O)c2ccccc2CCN)c1. The molecule has 0 heterocycles. The van der Waals surface area contributed by atoms with Crippen LogP contribution in [-0.4, -0.2) is 12.5 Å². The summed E-state index contributed by atoms with van der Waals surface area (Å²) in [7, 11) is 0. The minimum absolute atomic E-state index is 0.251. The van der Waals surface area contributed by atoms with Crippen molar-refractivity contribution >= 4 is 11.6 Å². The van der Waals surface area contributed by atoms with E-state index in [4.69, 9.17) is 5.73 Å².